The third-order valence-corrected chi connectivity index (χ3v) is 6.68. The van der Waals surface area contributed by atoms with E-state index in [0.717, 1.165) is 24.4 Å². The number of furan rings is 1. The molecule has 3 heterocycles. The van der Waals surface area contributed by atoms with Gasteiger partial charge in [0.1, 0.15) is 18.1 Å². The Kier molecular flexibility index (Phi) is 6.48. The van der Waals surface area contributed by atoms with Crippen LogP contribution in [-0.4, -0.2) is 69.6 Å². The Balaban J connectivity index is 1.45. The average molecular weight is 373 g/mol. The summed E-state index contributed by atoms with van der Waals surface area (Å²) in [5.74, 6) is 1.68. The predicted octanol–water partition coefficient (Wildman–Crippen LogP) is 0.557. The molecule has 0 bridgehead atoms. The Hall–Kier alpha value is -0.970. The maximum Gasteiger partial charge on any atom is 0.282 e. The quantitative estimate of drug-likeness (QED) is 0.752. The summed E-state index contributed by atoms with van der Waals surface area (Å²) in [4.78, 5) is 0. The molecule has 2 fully saturated rings. The van der Waals surface area contributed by atoms with Crippen LogP contribution >= 0.6 is 0 Å². The zero-order valence-electron chi connectivity index (χ0n) is 14.6. The molecule has 2 aliphatic heterocycles. The lowest BCUT2D eigenvalue weighted by molar-refractivity contribution is 0.0695. The number of hydrogen-bond donors (Lipinski definition) is 1. The van der Waals surface area contributed by atoms with Gasteiger partial charge in [-0.05, 0) is 25.0 Å². The summed E-state index contributed by atoms with van der Waals surface area (Å²) in [5.41, 5.74) is 0. The fourth-order valence-corrected chi connectivity index (χ4v) is 4.82. The van der Waals surface area contributed by atoms with Crippen LogP contribution in [0.4, 0.5) is 0 Å². The summed E-state index contributed by atoms with van der Waals surface area (Å²) < 4.78 is 44.3. The van der Waals surface area contributed by atoms with Gasteiger partial charge in [-0.3, -0.25) is 0 Å². The zero-order valence-corrected chi connectivity index (χ0v) is 15.5. The number of methoxy groups -OCH3 is 1. The molecule has 0 atom stereocenters. The first-order chi connectivity index (χ1) is 12.1. The highest BCUT2D eigenvalue weighted by molar-refractivity contribution is 7.86. The van der Waals surface area contributed by atoms with E-state index in [1.165, 1.54) is 4.31 Å². The van der Waals surface area contributed by atoms with Crippen LogP contribution in [-0.2, 0) is 32.8 Å². The molecular weight excluding hydrogens is 346 g/mol. The first-order valence-corrected chi connectivity index (χ1v) is 10.1. The van der Waals surface area contributed by atoms with E-state index >= 15 is 0 Å². The Morgan fingerprint density at radius 2 is 1.76 bits per heavy atom. The monoisotopic (exact) mass is 373 g/mol. The predicted molar refractivity (Wildman–Crippen MR) is 92.2 cm³/mol. The van der Waals surface area contributed by atoms with Crippen LogP contribution in [0.2, 0.25) is 0 Å². The zero-order chi connectivity index (χ0) is 17.7. The third-order valence-electron chi connectivity index (χ3n) is 4.65. The Bertz CT molecular complexity index is 634. The smallest absolute Gasteiger partial charge is 0.282 e. The number of nitrogens with one attached hydrogen (secondary N) is 1. The Labute approximate surface area is 149 Å². The number of nitrogens with zero attached hydrogens (tertiary/aromatic N) is 2. The van der Waals surface area contributed by atoms with Crippen LogP contribution in [0.5, 0.6) is 0 Å². The van der Waals surface area contributed by atoms with Gasteiger partial charge in [0.15, 0.2) is 0 Å². The number of rotatable bonds is 7. The van der Waals surface area contributed by atoms with Gasteiger partial charge in [0, 0.05) is 39.3 Å². The van der Waals surface area contributed by atoms with Gasteiger partial charge in [-0.1, -0.05) is 0 Å². The van der Waals surface area contributed by atoms with Crippen LogP contribution in [0.25, 0.3) is 0 Å². The number of ether oxygens (including phenoxy) is 2. The van der Waals surface area contributed by atoms with Crippen molar-refractivity contribution in [2.75, 3.05) is 46.5 Å². The molecular formula is C16H27N3O5S. The Morgan fingerprint density at radius 1 is 1.12 bits per heavy atom. The molecule has 3 rings (SSSR count). The minimum absolute atomic E-state index is 0.298. The van der Waals surface area contributed by atoms with Gasteiger partial charge in [0.05, 0.1) is 19.8 Å². The van der Waals surface area contributed by atoms with E-state index in [-0.39, 0.29) is 0 Å². The second-order valence-corrected chi connectivity index (χ2v) is 8.30. The van der Waals surface area contributed by atoms with Crippen LogP contribution in [0, 0.1) is 0 Å². The van der Waals surface area contributed by atoms with Gasteiger partial charge in [-0.2, -0.15) is 17.0 Å². The summed E-state index contributed by atoms with van der Waals surface area (Å²) >= 11 is 0. The fraction of sp³-hybridized carbons (Fsp3) is 0.750. The molecule has 25 heavy (non-hydrogen) atoms. The maximum absolute atomic E-state index is 12.6. The van der Waals surface area contributed by atoms with Crippen molar-refractivity contribution in [3.05, 3.63) is 23.7 Å². The lowest BCUT2D eigenvalue weighted by Gasteiger charge is -2.36. The highest BCUT2D eigenvalue weighted by Gasteiger charge is 2.33. The van der Waals surface area contributed by atoms with Gasteiger partial charge in [-0.25, -0.2) is 0 Å². The standard InChI is InChI=1S/C16H27N3O5S/c1-22-13-16-3-2-15(24-16)12-17-14-4-6-18(7-5-14)25(20,21)19-8-10-23-11-9-19/h2-3,14,17H,4-13H2,1H3. The first kappa shape index (κ1) is 18.8. The molecule has 0 unspecified atom stereocenters. The topological polar surface area (TPSA) is 84.2 Å². The highest BCUT2D eigenvalue weighted by Crippen LogP contribution is 2.18. The summed E-state index contributed by atoms with van der Waals surface area (Å²) in [6.45, 7) is 4.06. The highest BCUT2D eigenvalue weighted by atomic mass is 32.2. The molecule has 1 aromatic heterocycles. The summed E-state index contributed by atoms with van der Waals surface area (Å²) in [5, 5.41) is 3.46. The van der Waals surface area contributed by atoms with Crippen LogP contribution in [0.3, 0.4) is 0 Å². The molecule has 142 valence electrons. The molecule has 0 aliphatic carbocycles. The van der Waals surface area contributed by atoms with Gasteiger partial charge >= 0.3 is 0 Å². The molecule has 0 amide bonds. The molecule has 0 saturated carbocycles. The third kappa shape index (κ3) is 4.81. The summed E-state index contributed by atoms with van der Waals surface area (Å²) in [6.07, 6.45) is 1.60. The van der Waals surface area contributed by atoms with Crippen molar-refractivity contribution in [1.82, 2.24) is 13.9 Å². The van der Waals surface area contributed by atoms with Crippen molar-refractivity contribution in [2.24, 2.45) is 0 Å². The molecule has 1 N–H and O–H groups in total. The van der Waals surface area contributed by atoms with Gasteiger partial charge in [-0.15, -0.1) is 0 Å². The van der Waals surface area contributed by atoms with Crippen molar-refractivity contribution >= 4 is 10.2 Å². The lowest BCUT2D eigenvalue weighted by Crippen LogP contribution is -2.52. The summed E-state index contributed by atoms with van der Waals surface area (Å²) in [6, 6.07) is 4.16. The normalized spacial score (nSPS) is 21.6. The maximum atomic E-state index is 12.6. The SMILES string of the molecule is COCc1ccc(CNC2CCN(S(=O)(=O)N3CCOCC3)CC2)o1. The molecule has 8 nitrogen and oxygen atoms in total. The first-order valence-electron chi connectivity index (χ1n) is 8.72. The molecule has 0 spiro atoms. The van der Waals surface area contributed by atoms with Crippen molar-refractivity contribution < 1.29 is 22.3 Å². The van der Waals surface area contributed by atoms with Crippen LogP contribution in [0.15, 0.2) is 16.5 Å². The van der Waals surface area contributed by atoms with E-state index in [1.54, 1.807) is 11.4 Å². The molecule has 2 saturated heterocycles. The minimum Gasteiger partial charge on any atom is -0.462 e. The molecule has 9 heteroatoms. The van der Waals surface area contributed by atoms with Crippen LogP contribution < -0.4 is 5.32 Å². The molecule has 1 aromatic rings. The number of morpholine rings is 1. The van der Waals surface area contributed by atoms with Crippen molar-refractivity contribution in [2.45, 2.75) is 32.0 Å². The van der Waals surface area contributed by atoms with Gasteiger partial charge < -0.3 is 19.2 Å². The van der Waals surface area contributed by atoms with E-state index in [9.17, 15) is 8.42 Å². The number of hydrogen-bond acceptors (Lipinski definition) is 6. The van der Waals surface area contributed by atoms with Crippen molar-refractivity contribution in [1.29, 1.82) is 0 Å². The van der Waals surface area contributed by atoms with Crippen molar-refractivity contribution in [3.63, 3.8) is 0 Å². The Morgan fingerprint density at radius 3 is 2.44 bits per heavy atom. The van der Waals surface area contributed by atoms with Gasteiger partial charge in [0.2, 0.25) is 0 Å². The second kappa shape index (κ2) is 8.61. The van der Waals surface area contributed by atoms with E-state index < -0.39 is 10.2 Å². The van der Waals surface area contributed by atoms with E-state index in [2.05, 4.69) is 5.32 Å². The molecule has 0 radical (unpaired) electrons. The fourth-order valence-electron chi connectivity index (χ4n) is 3.21. The van der Waals surface area contributed by atoms with E-state index in [4.69, 9.17) is 13.9 Å². The van der Waals surface area contributed by atoms with Crippen LogP contribution in [0.1, 0.15) is 24.4 Å². The minimum atomic E-state index is -3.35. The lowest BCUT2D eigenvalue weighted by atomic mass is 10.1. The van der Waals surface area contributed by atoms with Crippen molar-refractivity contribution in [3.8, 4) is 0 Å². The molecule has 0 aromatic carbocycles. The molecule has 2 aliphatic rings. The summed E-state index contributed by atoms with van der Waals surface area (Å²) in [7, 11) is -1.71. The number of piperidine rings is 1. The van der Waals surface area contributed by atoms with Gasteiger partial charge in [0.25, 0.3) is 10.2 Å². The average Bonchev–Trinajstić information content (AvgIpc) is 3.09. The van der Waals surface area contributed by atoms with E-state index in [1.807, 2.05) is 12.1 Å². The second-order valence-electron chi connectivity index (χ2n) is 6.37. The largest absolute Gasteiger partial charge is 0.462 e. The van der Waals surface area contributed by atoms with E-state index in [0.29, 0.717) is 58.6 Å².